The van der Waals surface area contributed by atoms with Gasteiger partial charge in [-0.3, -0.25) is 5.10 Å². The zero-order valence-corrected chi connectivity index (χ0v) is 10.4. The van der Waals surface area contributed by atoms with Gasteiger partial charge in [-0.05, 0) is 18.4 Å². The largest absolute Gasteiger partial charge is 0.420 e. The number of aromatic nitrogens is 2. The third kappa shape index (κ3) is 1.41. The predicted molar refractivity (Wildman–Crippen MR) is 66.9 cm³/mol. The number of nitrogens with zero attached hydrogens (tertiary/aromatic N) is 2. The number of nitriles is 1. The van der Waals surface area contributed by atoms with Gasteiger partial charge in [0.1, 0.15) is 11.6 Å². The lowest BCUT2D eigenvalue weighted by molar-refractivity contribution is 0.379. The van der Waals surface area contributed by atoms with E-state index in [2.05, 4.69) is 16.3 Å². The number of hydrogen-bond acceptors (Lipinski definition) is 5. The van der Waals surface area contributed by atoms with Crippen molar-refractivity contribution < 1.29 is 4.74 Å². The molecule has 2 aromatic heterocycles. The van der Waals surface area contributed by atoms with Gasteiger partial charge in [0.2, 0.25) is 11.8 Å². The van der Waals surface area contributed by atoms with Gasteiger partial charge in [0.05, 0.1) is 11.5 Å². The SMILES string of the molecule is Cc1[nH]nc2c1[C@@H](c1cccs1)C(C#N)=C(N)O2. The molecule has 3 heterocycles. The van der Waals surface area contributed by atoms with Crippen molar-refractivity contribution >= 4 is 11.3 Å². The van der Waals surface area contributed by atoms with E-state index in [4.69, 9.17) is 10.5 Å². The summed E-state index contributed by atoms with van der Waals surface area (Å²) in [5.74, 6) is 0.412. The lowest BCUT2D eigenvalue weighted by Gasteiger charge is -2.22. The van der Waals surface area contributed by atoms with Gasteiger partial charge in [-0.1, -0.05) is 6.07 Å². The fraction of sp³-hybridized carbons (Fsp3) is 0.167. The molecule has 3 N–H and O–H groups in total. The van der Waals surface area contributed by atoms with Crippen molar-refractivity contribution in [2.24, 2.45) is 5.73 Å². The quantitative estimate of drug-likeness (QED) is 0.818. The molecule has 0 saturated carbocycles. The van der Waals surface area contributed by atoms with Crippen LogP contribution < -0.4 is 10.5 Å². The van der Waals surface area contributed by atoms with Crippen LogP contribution >= 0.6 is 11.3 Å². The van der Waals surface area contributed by atoms with Gasteiger partial charge in [-0.2, -0.15) is 5.26 Å². The Labute approximate surface area is 108 Å². The standard InChI is InChI=1S/C12H10N4OS/c1-6-9-10(8-3-2-4-18-8)7(5-13)11(14)17-12(9)16-15-6/h2-4,10H,14H2,1H3,(H,15,16)/t10-/m1/s1. The number of ether oxygens (including phenoxy) is 1. The molecule has 1 aliphatic heterocycles. The summed E-state index contributed by atoms with van der Waals surface area (Å²) < 4.78 is 5.38. The molecular formula is C12H10N4OS. The number of fused-ring (bicyclic) bond motifs is 1. The van der Waals surface area contributed by atoms with Crippen molar-refractivity contribution in [2.45, 2.75) is 12.8 Å². The molecule has 0 spiro atoms. The van der Waals surface area contributed by atoms with E-state index in [1.165, 1.54) is 0 Å². The Bertz CT molecular complexity index is 663. The van der Waals surface area contributed by atoms with E-state index in [1.807, 2.05) is 24.4 Å². The molecular weight excluding hydrogens is 248 g/mol. The highest BCUT2D eigenvalue weighted by molar-refractivity contribution is 7.10. The Balaban J connectivity index is 2.25. The third-order valence-corrected chi connectivity index (χ3v) is 3.89. The van der Waals surface area contributed by atoms with Crippen LogP contribution in [-0.2, 0) is 0 Å². The molecule has 0 fully saturated rings. The average Bonchev–Trinajstić information content (AvgIpc) is 2.98. The maximum absolute atomic E-state index is 9.29. The number of thiophene rings is 1. The molecule has 0 unspecified atom stereocenters. The third-order valence-electron chi connectivity index (χ3n) is 2.96. The maximum atomic E-state index is 9.29. The zero-order chi connectivity index (χ0) is 12.7. The van der Waals surface area contributed by atoms with Crippen LogP contribution in [0.3, 0.4) is 0 Å². The van der Waals surface area contributed by atoms with Crippen LogP contribution in [0.2, 0.25) is 0 Å². The summed E-state index contributed by atoms with van der Waals surface area (Å²) in [4.78, 5) is 1.06. The van der Waals surface area contributed by atoms with E-state index >= 15 is 0 Å². The maximum Gasteiger partial charge on any atom is 0.244 e. The smallest absolute Gasteiger partial charge is 0.244 e. The molecule has 1 aliphatic rings. The summed E-state index contributed by atoms with van der Waals surface area (Å²) in [5, 5.41) is 18.2. The lowest BCUT2D eigenvalue weighted by Crippen LogP contribution is -2.20. The summed E-state index contributed by atoms with van der Waals surface area (Å²) >= 11 is 1.59. The Morgan fingerprint density at radius 3 is 3.11 bits per heavy atom. The Morgan fingerprint density at radius 1 is 1.61 bits per heavy atom. The molecule has 5 nitrogen and oxygen atoms in total. The number of aromatic amines is 1. The summed E-state index contributed by atoms with van der Waals surface area (Å²) in [6.45, 7) is 1.91. The number of nitrogens with one attached hydrogen (secondary N) is 1. The molecule has 0 amide bonds. The number of nitrogens with two attached hydrogens (primary N) is 1. The Kier molecular flexibility index (Phi) is 2.35. The van der Waals surface area contributed by atoms with Gasteiger partial charge in [0.15, 0.2) is 0 Å². The van der Waals surface area contributed by atoms with Gasteiger partial charge in [0, 0.05) is 10.6 Å². The molecule has 0 bridgehead atoms. The van der Waals surface area contributed by atoms with Crippen molar-refractivity contribution in [3.8, 4) is 11.9 Å². The summed E-state index contributed by atoms with van der Waals surface area (Å²) in [6.07, 6.45) is 0. The van der Waals surface area contributed by atoms with E-state index in [9.17, 15) is 5.26 Å². The summed E-state index contributed by atoms with van der Waals surface area (Å²) in [7, 11) is 0. The second kappa shape index (κ2) is 3.89. The van der Waals surface area contributed by atoms with Crippen LogP contribution in [0.1, 0.15) is 22.1 Å². The summed E-state index contributed by atoms with van der Waals surface area (Å²) in [5.41, 5.74) is 8.02. The van der Waals surface area contributed by atoms with Crippen molar-refractivity contribution in [3.05, 3.63) is 45.1 Å². The topological polar surface area (TPSA) is 87.7 Å². The number of rotatable bonds is 1. The second-order valence-corrected chi connectivity index (χ2v) is 4.99. The van der Waals surface area contributed by atoms with Crippen LogP contribution in [0.4, 0.5) is 0 Å². The summed E-state index contributed by atoms with van der Waals surface area (Å²) in [6, 6.07) is 6.09. The highest BCUT2D eigenvalue weighted by atomic mass is 32.1. The molecule has 0 saturated heterocycles. The van der Waals surface area contributed by atoms with Gasteiger partial charge in [0.25, 0.3) is 0 Å². The van der Waals surface area contributed by atoms with Gasteiger partial charge in [-0.25, -0.2) is 0 Å². The normalized spacial score (nSPS) is 18.1. The minimum Gasteiger partial charge on any atom is -0.420 e. The first-order valence-electron chi connectivity index (χ1n) is 5.38. The van der Waals surface area contributed by atoms with Crippen LogP contribution in [-0.4, -0.2) is 10.2 Å². The molecule has 0 radical (unpaired) electrons. The number of hydrogen-bond donors (Lipinski definition) is 2. The van der Waals surface area contributed by atoms with E-state index in [0.29, 0.717) is 11.5 Å². The van der Waals surface area contributed by atoms with E-state index < -0.39 is 0 Å². The molecule has 2 aromatic rings. The first-order chi connectivity index (χ1) is 8.72. The molecule has 3 rings (SSSR count). The minimum absolute atomic E-state index is 0.134. The van der Waals surface area contributed by atoms with Gasteiger partial charge >= 0.3 is 0 Å². The Hall–Kier alpha value is -2.26. The van der Waals surface area contributed by atoms with E-state index in [1.54, 1.807) is 11.3 Å². The van der Waals surface area contributed by atoms with Crippen molar-refractivity contribution in [1.82, 2.24) is 10.2 Å². The molecule has 6 heteroatoms. The zero-order valence-electron chi connectivity index (χ0n) is 9.60. The molecule has 90 valence electrons. The second-order valence-electron chi connectivity index (χ2n) is 4.01. The van der Waals surface area contributed by atoms with Crippen LogP contribution in [0.5, 0.6) is 5.88 Å². The first kappa shape index (κ1) is 10.9. The van der Waals surface area contributed by atoms with E-state index in [0.717, 1.165) is 16.1 Å². The van der Waals surface area contributed by atoms with Crippen molar-refractivity contribution in [3.63, 3.8) is 0 Å². The molecule has 1 atom stereocenters. The van der Waals surface area contributed by atoms with Crippen LogP contribution in [0.25, 0.3) is 0 Å². The van der Waals surface area contributed by atoms with Crippen LogP contribution in [0.15, 0.2) is 29.0 Å². The van der Waals surface area contributed by atoms with Crippen LogP contribution in [0, 0.1) is 18.3 Å². The molecule has 0 aliphatic carbocycles. The number of allylic oxidation sites excluding steroid dienone is 1. The fourth-order valence-corrected chi connectivity index (χ4v) is 2.98. The average molecular weight is 258 g/mol. The molecule has 0 aromatic carbocycles. The van der Waals surface area contributed by atoms with Crippen molar-refractivity contribution in [1.29, 1.82) is 5.26 Å². The Morgan fingerprint density at radius 2 is 2.44 bits per heavy atom. The minimum atomic E-state index is -0.183. The van der Waals surface area contributed by atoms with Gasteiger partial charge < -0.3 is 10.5 Å². The first-order valence-corrected chi connectivity index (χ1v) is 6.26. The lowest BCUT2D eigenvalue weighted by atomic mass is 9.89. The van der Waals surface area contributed by atoms with Gasteiger partial charge in [-0.15, -0.1) is 16.4 Å². The molecule has 18 heavy (non-hydrogen) atoms. The highest BCUT2D eigenvalue weighted by Gasteiger charge is 2.34. The van der Waals surface area contributed by atoms with E-state index in [-0.39, 0.29) is 11.8 Å². The fourth-order valence-electron chi connectivity index (χ4n) is 2.14. The monoisotopic (exact) mass is 258 g/mol. The predicted octanol–water partition coefficient (Wildman–Crippen LogP) is 2.00. The number of aryl methyl sites for hydroxylation is 1. The highest BCUT2D eigenvalue weighted by Crippen LogP contribution is 2.43. The number of H-pyrrole nitrogens is 1. The van der Waals surface area contributed by atoms with Crippen molar-refractivity contribution in [2.75, 3.05) is 0 Å².